The fraction of sp³-hybridized carbons (Fsp3) is 0.909. The van der Waals surface area contributed by atoms with Crippen LogP contribution >= 0.6 is 11.8 Å². The van der Waals surface area contributed by atoms with E-state index >= 15 is 0 Å². The summed E-state index contributed by atoms with van der Waals surface area (Å²) in [7, 11) is 0. The van der Waals surface area contributed by atoms with E-state index in [9.17, 15) is 4.79 Å². The number of carbonyl (C=O) groups is 1. The van der Waals surface area contributed by atoms with Gasteiger partial charge in [-0.3, -0.25) is 10.2 Å². The third-order valence-corrected chi connectivity index (χ3v) is 4.66. The van der Waals surface area contributed by atoms with Gasteiger partial charge in [0.1, 0.15) is 6.10 Å². The van der Waals surface area contributed by atoms with Crippen LogP contribution in [-0.2, 0) is 9.53 Å². The van der Waals surface area contributed by atoms with Crippen molar-refractivity contribution in [2.75, 3.05) is 5.75 Å². The predicted molar refractivity (Wildman–Crippen MR) is 67.0 cm³/mol. The number of thioether (sulfide) groups is 1. The van der Waals surface area contributed by atoms with E-state index in [-0.39, 0.29) is 18.1 Å². The highest BCUT2D eigenvalue weighted by Gasteiger charge is 2.30. The minimum absolute atomic E-state index is 0.202. The first-order chi connectivity index (χ1) is 7.54. The summed E-state index contributed by atoms with van der Waals surface area (Å²) in [6.45, 7) is 6.67. The highest BCUT2D eigenvalue weighted by molar-refractivity contribution is 7.99. The second-order valence-corrected chi connectivity index (χ2v) is 6.03. The Morgan fingerprint density at radius 3 is 2.75 bits per heavy atom. The normalized spacial score (nSPS) is 27.1. The number of rotatable bonds is 5. The standard InChI is InChI=1S/C11H22N2O2S/c1-7(2)8(3)16-6-9-4-5-10(15-9)11(14)13-12/h7-10H,4-6,12H2,1-3H3,(H,13,14). The lowest BCUT2D eigenvalue weighted by Crippen LogP contribution is -2.39. The van der Waals surface area contributed by atoms with E-state index in [1.807, 2.05) is 11.8 Å². The van der Waals surface area contributed by atoms with Crippen molar-refractivity contribution < 1.29 is 9.53 Å². The van der Waals surface area contributed by atoms with Crippen LogP contribution in [0, 0.1) is 5.92 Å². The molecule has 94 valence electrons. The van der Waals surface area contributed by atoms with Gasteiger partial charge in [-0.2, -0.15) is 11.8 Å². The maximum absolute atomic E-state index is 11.2. The van der Waals surface area contributed by atoms with Crippen molar-refractivity contribution in [1.29, 1.82) is 0 Å². The molecule has 1 aliphatic heterocycles. The zero-order chi connectivity index (χ0) is 12.1. The van der Waals surface area contributed by atoms with Gasteiger partial charge in [-0.1, -0.05) is 20.8 Å². The molecule has 1 aliphatic rings. The number of carbonyl (C=O) groups excluding carboxylic acids is 1. The van der Waals surface area contributed by atoms with Crippen molar-refractivity contribution >= 4 is 17.7 Å². The molecule has 1 rings (SSSR count). The van der Waals surface area contributed by atoms with Gasteiger partial charge in [0.2, 0.25) is 0 Å². The van der Waals surface area contributed by atoms with Crippen LogP contribution in [0.1, 0.15) is 33.6 Å². The molecule has 3 atom stereocenters. The molecule has 0 spiro atoms. The number of nitrogens with one attached hydrogen (secondary N) is 1. The largest absolute Gasteiger partial charge is 0.364 e. The van der Waals surface area contributed by atoms with Gasteiger partial charge in [0.25, 0.3) is 5.91 Å². The smallest absolute Gasteiger partial charge is 0.263 e. The summed E-state index contributed by atoms with van der Waals surface area (Å²) in [4.78, 5) is 11.2. The second-order valence-electron chi connectivity index (χ2n) is 4.62. The molecule has 0 aromatic heterocycles. The fourth-order valence-electron chi connectivity index (χ4n) is 1.57. The van der Waals surface area contributed by atoms with Crippen LogP contribution < -0.4 is 11.3 Å². The van der Waals surface area contributed by atoms with Gasteiger partial charge in [-0.15, -0.1) is 0 Å². The Bertz CT molecular complexity index is 236. The van der Waals surface area contributed by atoms with E-state index in [1.165, 1.54) is 0 Å². The SMILES string of the molecule is CC(C)C(C)SCC1CCC(C(=O)NN)O1. The maximum Gasteiger partial charge on any atom is 0.263 e. The number of hydrogen-bond donors (Lipinski definition) is 2. The lowest BCUT2D eigenvalue weighted by atomic mass is 10.2. The molecule has 0 aliphatic carbocycles. The molecule has 1 saturated heterocycles. The zero-order valence-electron chi connectivity index (χ0n) is 10.2. The highest BCUT2D eigenvalue weighted by atomic mass is 32.2. The Labute approximate surface area is 102 Å². The van der Waals surface area contributed by atoms with Crippen LogP contribution in [0.5, 0.6) is 0 Å². The van der Waals surface area contributed by atoms with E-state index in [2.05, 4.69) is 26.2 Å². The first-order valence-electron chi connectivity index (χ1n) is 5.82. The lowest BCUT2D eigenvalue weighted by Gasteiger charge is -2.18. The number of ether oxygens (including phenoxy) is 1. The molecule has 16 heavy (non-hydrogen) atoms. The first kappa shape index (κ1) is 13.8. The van der Waals surface area contributed by atoms with Crippen LogP contribution in [0.3, 0.4) is 0 Å². The summed E-state index contributed by atoms with van der Waals surface area (Å²) >= 11 is 1.92. The summed E-state index contributed by atoms with van der Waals surface area (Å²) < 4.78 is 5.63. The molecule has 0 radical (unpaired) electrons. The van der Waals surface area contributed by atoms with E-state index in [1.54, 1.807) is 0 Å². The minimum atomic E-state index is -0.343. The van der Waals surface area contributed by atoms with Crippen LogP contribution in [0.4, 0.5) is 0 Å². The Hall–Kier alpha value is -0.260. The molecule has 0 aromatic rings. The number of hydrogen-bond acceptors (Lipinski definition) is 4. The topological polar surface area (TPSA) is 64.4 Å². The molecular weight excluding hydrogens is 224 g/mol. The van der Waals surface area contributed by atoms with Crippen molar-refractivity contribution in [2.45, 2.75) is 51.1 Å². The summed E-state index contributed by atoms with van der Waals surface area (Å²) in [6, 6.07) is 0. The first-order valence-corrected chi connectivity index (χ1v) is 6.87. The molecule has 3 N–H and O–H groups in total. The molecule has 1 heterocycles. The lowest BCUT2D eigenvalue weighted by molar-refractivity contribution is -0.131. The van der Waals surface area contributed by atoms with Crippen LogP contribution in [0.2, 0.25) is 0 Å². The second kappa shape index (κ2) is 6.47. The summed E-state index contributed by atoms with van der Waals surface area (Å²) in [5.74, 6) is 6.51. The average molecular weight is 246 g/mol. The molecule has 4 nitrogen and oxygen atoms in total. The molecule has 3 unspecified atom stereocenters. The van der Waals surface area contributed by atoms with Gasteiger partial charge in [0, 0.05) is 11.0 Å². The van der Waals surface area contributed by atoms with Crippen molar-refractivity contribution in [3.8, 4) is 0 Å². The number of amides is 1. The summed E-state index contributed by atoms with van der Waals surface area (Å²) in [5, 5.41) is 0.631. The van der Waals surface area contributed by atoms with Crippen LogP contribution in [0.15, 0.2) is 0 Å². The van der Waals surface area contributed by atoms with Crippen LogP contribution in [-0.4, -0.2) is 29.1 Å². The van der Waals surface area contributed by atoms with Crippen molar-refractivity contribution in [1.82, 2.24) is 5.43 Å². The molecule has 0 aromatic carbocycles. The maximum atomic E-state index is 11.2. The van der Waals surface area contributed by atoms with Gasteiger partial charge in [0.15, 0.2) is 0 Å². The van der Waals surface area contributed by atoms with E-state index in [4.69, 9.17) is 10.6 Å². The quantitative estimate of drug-likeness (QED) is 0.436. The van der Waals surface area contributed by atoms with E-state index in [0.717, 1.165) is 18.6 Å². The monoisotopic (exact) mass is 246 g/mol. The van der Waals surface area contributed by atoms with Gasteiger partial charge in [-0.05, 0) is 18.8 Å². The third kappa shape index (κ3) is 3.96. The van der Waals surface area contributed by atoms with Crippen LogP contribution in [0.25, 0.3) is 0 Å². The van der Waals surface area contributed by atoms with Gasteiger partial charge in [0.05, 0.1) is 6.10 Å². The third-order valence-electron chi connectivity index (χ3n) is 3.03. The van der Waals surface area contributed by atoms with Crippen molar-refractivity contribution in [3.05, 3.63) is 0 Å². The number of hydrazine groups is 1. The van der Waals surface area contributed by atoms with E-state index < -0.39 is 0 Å². The van der Waals surface area contributed by atoms with Gasteiger partial charge < -0.3 is 4.74 Å². The molecule has 1 amide bonds. The Kier molecular flexibility index (Phi) is 5.58. The van der Waals surface area contributed by atoms with Crippen molar-refractivity contribution in [3.63, 3.8) is 0 Å². The summed E-state index contributed by atoms with van der Waals surface area (Å²) in [5.41, 5.74) is 2.14. The highest BCUT2D eigenvalue weighted by Crippen LogP contribution is 2.26. The number of nitrogens with two attached hydrogens (primary N) is 1. The average Bonchev–Trinajstić information content (AvgIpc) is 2.73. The fourth-order valence-corrected chi connectivity index (χ4v) is 2.71. The Morgan fingerprint density at radius 1 is 1.50 bits per heavy atom. The van der Waals surface area contributed by atoms with Gasteiger partial charge in [-0.25, -0.2) is 5.84 Å². The minimum Gasteiger partial charge on any atom is -0.364 e. The Morgan fingerprint density at radius 2 is 2.19 bits per heavy atom. The van der Waals surface area contributed by atoms with Crippen molar-refractivity contribution in [2.24, 2.45) is 11.8 Å². The predicted octanol–water partition coefficient (Wildman–Crippen LogP) is 1.30. The molecule has 5 heteroatoms. The molecule has 0 saturated carbocycles. The zero-order valence-corrected chi connectivity index (χ0v) is 11.0. The molecule has 0 bridgehead atoms. The Balaban J connectivity index is 2.24. The van der Waals surface area contributed by atoms with E-state index in [0.29, 0.717) is 11.2 Å². The molecule has 1 fully saturated rings. The van der Waals surface area contributed by atoms with Gasteiger partial charge >= 0.3 is 0 Å². The molecular formula is C11H22N2O2S. The summed E-state index contributed by atoms with van der Waals surface area (Å²) in [6.07, 6.45) is 1.60.